The second kappa shape index (κ2) is 8.97. The summed E-state index contributed by atoms with van der Waals surface area (Å²) in [7, 11) is 1.35. The number of ether oxygens (including phenoxy) is 1. The van der Waals surface area contributed by atoms with Gasteiger partial charge in [0.2, 0.25) is 6.41 Å². The maximum Gasteiger partial charge on any atom is 0.329 e. The molecular formula is C22H22BrNO3S. The quantitative estimate of drug-likeness (QED) is 0.464. The highest BCUT2D eigenvalue weighted by molar-refractivity contribution is 9.11. The molecule has 4 nitrogen and oxygen atoms in total. The van der Waals surface area contributed by atoms with Crippen LogP contribution in [0.5, 0.6) is 0 Å². The number of rotatable bonds is 5. The molecule has 146 valence electrons. The molecule has 0 saturated carbocycles. The highest BCUT2D eigenvalue weighted by atomic mass is 79.9. The Morgan fingerprint density at radius 1 is 1.25 bits per heavy atom. The number of esters is 1. The lowest BCUT2D eigenvalue weighted by Crippen LogP contribution is -2.37. The molecule has 1 atom stereocenters. The van der Waals surface area contributed by atoms with Crippen molar-refractivity contribution in [3.05, 3.63) is 68.7 Å². The van der Waals surface area contributed by atoms with Crippen molar-refractivity contribution in [3.8, 4) is 0 Å². The first kappa shape index (κ1) is 20.7. The van der Waals surface area contributed by atoms with Gasteiger partial charge >= 0.3 is 5.97 Å². The zero-order chi connectivity index (χ0) is 20.3. The average Bonchev–Trinajstić information content (AvgIpc) is 3.14. The lowest BCUT2D eigenvalue weighted by molar-refractivity contribution is -0.146. The number of allylic oxidation sites excluding steroid dienone is 3. The van der Waals surface area contributed by atoms with Crippen LogP contribution >= 0.6 is 27.7 Å². The van der Waals surface area contributed by atoms with Crippen LogP contribution < -0.4 is 0 Å². The van der Waals surface area contributed by atoms with Crippen molar-refractivity contribution >= 4 is 50.8 Å². The van der Waals surface area contributed by atoms with Crippen LogP contribution in [0.1, 0.15) is 19.4 Å². The zero-order valence-corrected chi connectivity index (χ0v) is 18.5. The summed E-state index contributed by atoms with van der Waals surface area (Å²) in [4.78, 5) is 25.2. The molecule has 0 N–H and O–H groups in total. The van der Waals surface area contributed by atoms with Gasteiger partial charge in [0, 0.05) is 5.75 Å². The molecule has 0 spiro atoms. The van der Waals surface area contributed by atoms with E-state index in [0.29, 0.717) is 5.75 Å². The van der Waals surface area contributed by atoms with Gasteiger partial charge in [0.25, 0.3) is 0 Å². The Bertz CT molecular complexity index is 973. The van der Waals surface area contributed by atoms with E-state index in [9.17, 15) is 9.59 Å². The van der Waals surface area contributed by atoms with Crippen molar-refractivity contribution in [1.82, 2.24) is 4.90 Å². The summed E-state index contributed by atoms with van der Waals surface area (Å²) in [5.41, 5.74) is 3.32. The van der Waals surface area contributed by atoms with Gasteiger partial charge in [0.15, 0.2) is 0 Å². The van der Waals surface area contributed by atoms with Crippen LogP contribution in [0.4, 0.5) is 0 Å². The summed E-state index contributed by atoms with van der Waals surface area (Å²) in [6, 6.07) is 14.0. The summed E-state index contributed by atoms with van der Waals surface area (Å²) in [5.74, 6) is 0.110. The molecule has 1 fully saturated rings. The Kier molecular flexibility index (Phi) is 6.62. The van der Waals surface area contributed by atoms with Crippen LogP contribution in [0, 0.1) is 0 Å². The molecule has 1 unspecified atom stereocenters. The third-order valence-corrected chi connectivity index (χ3v) is 6.72. The monoisotopic (exact) mass is 459 g/mol. The number of hydrogen-bond donors (Lipinski definition) is 0. The molecule has 0 aromatic heterocycles. The van der Waals surface area contributed by atoms with E-state index in [1.54, 1.807) is 0 Å². The van der Waals surface area contributed by atoms with E-state index in [1.807, 2.05) is 26.0 Å². The Morgan fingerprint density at radius 2 is 1.96 bits per heavy atom. The number of nitrogens with zero attached hydrogens (tertiary/aromatic N) is 1. The van der Waals surface area contributed by atoms with Gasteiger partial charge in [-0.15, -0.1) is 11.8 Å². The topological polar surface area (TPSA) is 46.6 Å². The van der Waals surface area contributed by atoms with Crippen LogP contribution in [0.3, 0.4) is 0 Å². The Morgan fingerprint density at radius 3 is 2.64 bits per heavy atom. The number of thioether (sulfide) groups is 1. The third kappa shape index (κ3) is 4.03. The van der Waals surface area contributed by atoms with E-state index in [-0.39, 0.29) is 0 Å². The predicted octanol–water partition coefficient (Wildman–Crippen LogP) is 5.03. The van der Waals surface area contributed by atoms with Crippen molar-refractivity contribution in [3.63, 3.8) is 0 Å². The smallest absolute Gasteiger partial charge is 0.329 e. The van der Waals surface area contributed by atoms with Crippen molar-refractivity contribution in [1.29, 1.82) is 0 Å². The van der Waals surface area contributed by atoms with E-state index in [1.165, 1.54) is 40.1 Å². The molecule has 0 radical (unpaired) electrons. The van der Waals surface area contributed by atoms with Crippen LogP contribution in [-0.4, -0.2) is 36.2 Å². The molecule has 3 rings (SSSR count). The van der Waals surface area contributed by atoms with Crippen LogP contribution in [-0.2, 0) is 20.7 Å². The molecule has 28 heavy (non-hydrogen) atoms. The standard InChI is InChI=1S/C22H22BrNO3S/c1-14(21-24(13-25)20(12-28-21)22(26)27-3)19(15(2)23)11-17-9-6-8-16-7-4-5-10-18(16)17/h4-10,13,20H,11-12H2,1-3H3/b19-15?,21-14+. The first-order chi connectivity index (χ1) is 13.5. The highest BCUT2D eigenvalue weighted by Gasteiger charge is 2.36. The second-order valence-corrected chi connectivity index (χ2v) is 8.82. The van der Waals surface area contributed by atoms with E-state index in [2.05, 4.69) is 46.3 Å². The minimum Gasteiger partial charge on any atom is -0.467 e. The molecular weight excluding hydrogens is 438 g/mol. The maximum atomic E-state index is 12.0. The molecule has 6 heteroatoms. The molecule has 0 aliphatic carbocycles. The van der Waals surface area contributed by atoms with Gasteiger partial charge < -0.3 is 4.74 Å². The summed E-state index contributed by atoms with van der Waals surface area (Å²) >= 11 is 5.16. The molecule has 2 aromatic rings. The Hall–Kier alpha value is -2.05. The average molecular weight is 460 g/mol. The zero-order valence-electron chi connectivity index (χ0n) is 16.1. The maximum absolute atomic E-state index is 12.0. The first-order valence-corrected chi connectivity index (χ1v) is 10.7. The summed E-state index contributed by atoms with van der Waals surface area (Å²) in [6.07, 6.45) is 1.45. The summed E-state index contributed by atoms with van der Waals surface area (Å²) < 4.78 is 5.86. The van der Waals surface area contributed by atoms with Gasteiger partial charge in [-0.3, -0.25) is 9.69 Å². The van der Waals surface area contributed by atoms with Crippen molar-refractivity contribution in [2.45, 2.75) is 26.3 Å². The van der Waals surface area contributed by atoms with Crippen molar-refractivity contribution < 1.29 is 14.3 Å². The fourth-order valence-electron chi connectivity index (χ4n) is 3.47. The first-order valence-electron chi connectivity index (χ1n) is 8.95. The van der Waals surface area contributed by atoms with Gasteiger partial charge in [-0.2, -0.15) is 0 Å². The van der Waals surface area contributed by atoms with E-state index < -0.39 is 12.0 Å². The van der Waals surface area contributed by atoms with Gasteiger partial charge in [0.05, 0.1) is 12.1 Å². The number of carbonyl (C=O) groups is 2. The van der Waals surface area contributed by atoms with E-state index >= 15 is 0 Å². The molecule has 1 heterocycles. The van der Waals surface area contributed by atoms with E-state index in [4.69, 9.17) is 4.74 Å². The molecule has 1 amide bonds. The van der Waals surface area contributed by atoms with Crippen LogP contribution in [0.15, 0.2) is 63.1 Å². The fraction of sp³-hybridized carbons (Fsp3) is 0.273. The van der Waals surface area contributed by atoms with Crippen molar-refractivity contribution in [2.24, 2.45) is 0 Å². The van der Waals surface area contributed by atoms with Gasteiger partial charge in [-0.1, -0.05) is 58.4 Å². The lowest BCUT2D eigenvalue weighted by Gasteiger charge is -2.21. The summed E-state index contributed by atoms with van der Waals surface area (Å²) in [5, 5.41) is 3.22. The van der Waals surface area contributed by atoms with Gasteiger partial charge in [0.1, 0.15) is 6.04 Å². The van der Waals surface area contributed by atoms with Crippen molar-refractivity contribution in [2.75, 3.05) is 12.9 Å². The number of benzene rings is 2. The number of hydrogen-bond acceptors (Lipinski definition) is 4. The molecule has 1 saturated heterocycles. The SMILES string of the molecule is COC(=O)C1CS/C(=C(\C)C(Cc2cccc3ccccc23)=C(C)Br)N1C=O. The minimum absolute atomic E-state index is 0.391. The lowest BCUT2D eigenvalue weighted by atomic mass is 9.95. The molecule has 1 aliphatic heterocycles. The second-order valence-electron chi connectivity index (χ2n) is 6.62. The number of methoxy groups -OCH3 is 1. The number of halogens is 1. The molecule has 2 aromatic carbocycles. The van der Waals surface area contributed by atoms with Crippen LogP contribution in [0.25, 0.3) is 10.8 Å². The summed E-state index contributed by atoms with van der Waals surface area (Å²) in [6.45, 7) is 4.01. The Labute approximate surface area is 177 Å². The molecule has 0 bridgehead atoms. The van der Waals surface area contributed by atoms with E-state index in [0.717, 1.165) is 33.5 Å². The number of amides is 1. The van der Waals surface area contributed by atoms with Gasteiger partial charge in [-0.25, -0.2) is 4.79 Å². The highest BCUT2D eigenvalue weighted by Crippen LogP contribution is 2.38. The third-order valence-electron chi connectivity index (χ3n) is 4.97. The minimum atomic E-state index is -0.577. The predicted molar refractivity (Wildman–Crippen MR) is 118 cm³/mol. The fourth-order valence-corrected chi connectivity index (χ4v) is 5.18. The Balaban J connectivity index is 2.01. The largest absolute Gasteiger partial charge is 0.467 e. The van der Waals surface area contributed by atoms with Gasteiger partial charge in [-0.05, 0) is 52.2 Å². The normalized spacial score (nSPS) is 19.4. The number of carbonyl (C=O) groups excluding carboxylic acids is 2. The molecule has 1 aliphatic rings. The number of fused-ring (bicyclic) bond motifs is 1. The van der Waals surface area contributed by atoms with Crippen LogP contribution in [0.2, 0.25) is 0 Å².